The highest BCUT2D eigenvalue weighted by Gasteiger charge is 2.32. The highest BCUT2D eigenvalue weighted by molar-refractivity contribution is 4.82. The molecule has 0 N–H and O–H groups in total. The van der Waals surface area contributed by atoms with Crippen LogP contribution in [0.15, 0.2) is 0 Å². The van der Waals surface area contributed by atoms with Crippen molar-refractivity contribution in [3.63, 3.8) is 0 Å². The standard InChI is InChI=1S/C14H30N/c1-12-9-13(7-8-15(4,5)6)11-14(2,3)10-12/h12-13H,7-11H2,1-6H3/q+1. The van der Waals surface area contributed by atoms with Crippen molar-refractivity contribution in [3.8, 4) is 0 Å². The van der Waals surface area contributed by atoms with Crippen LogP contribution in [0.5, 0.6) is 0 Å². The summed E-state index contributed by atoms with van der Waals surface area (Å²) in [7, 11) is 6.91. The average molecular weight is 212 g/mol. The Labute approximate surface area is 96.4 Å². The molecule has 0 radical (unpaired) electrons. The second kappa shape index (κ2) is 4.45. The van der Waals surface area contributed by atoms with Crippen molar-refractivity contribution in [2.45, 2.75) is 46.5 Å². The van der Waals surface area contributed by atoms with Crippen LogP contribution in [-0.2, 0) is 0 Å². The summed E-state index contributed by atoms with van der Waals surface area (Å²) >= 11 is 0. The van der Waals surface area contributed by atoms with E-state index in [1.165, 1.54) is 32.2 Å². The molecule has 0 amide bonds. The maximum Gasteiger partial charge on any atom is 0.0783 e. The first-order valence-corrected chi connectivity index (χ1v) is 6.48. The van der Waals surface area contributed by atoms with E-state index in [0.29, 0.717) is 5.41 Å². The molecular formula is C14H30N+. The molecule has 15 heavy (non-hydrogen) atoms. The minimum absolute atomic E-state index is 0.590. The lowest BCUT2D eigenvalue weighted by molar-refractivity contribution is -0.871. The van der Waals surface area contributed by atoms with Crippen molar-refractivity contribution in [3.05, 3.63) is 0 Å². The van der Waals surface area contributed by atoms with Crippen LogP contribution in [0.3, 0.4) is 0 Å². The van der Waals surface area contributed by atoms with Gasteiger partial charge in [0.2, 0.25) is 0 Å². The highest BCUT2D eigenvalue weighted by atomic mass is 15.3. The molecule has 2 atom stereocenters. The largest absolute Gasteiger partial charge is 0.331 e. The summed E-state index contributed by atoms with van der Waals surface area (Å²) in [6, 6.07) is 0. The van der Waals surface area contributed by atoms with Gasteiger partial charge in [-0.05, 0) is 42.9 Å². The van der Waals surface area contributed by atoms with Crippen LogP contribution in [-0.4, -0.2) is 32.2 Å². The number of nitrogens with zero attached hydrogens (tertiary/aromatic N) is 1. The molecule has 0 aliphatic heterocycles. The molecule has 0 saturated heterocycles. The zero-order chi connectivity index (χ0) is 11.7. The fraction of sp³-hybridized carbons (Fsp3) is 1.00. The topological polar surface area (TPSA) is 0 Å². The lowest BCUT2D eigenvalue weighted by Crippen LogP contribution is -2.37. The Kier molecular flexibility index (Phi) is 3.86. The van der Waals surface area contributed by atoms with Crippen LogP contribution >= 0.6 is 0 Å². The monoisotopic (exact) mass is 212 g/mol. The minimum Gasteiger partial charge on any atom is -0.331 e. The second-order valence-corrected chi connectivity index (χ2v) is 7.58. The quantitative estimate of drug-likeness (QED) is 0.628. The predicted molar refractivity (Wildman–Crippen MR) is 67.8 cm³/mol. The van der Waals surface area contributed by atoms with Gasteiger partial charge in [-0.15, -0.1) is 0 Å². The lowest BCUT2D eigenvalue weighted by Gasteiger charge is -2.39. The number of quaternary nitrogens is 1. The predicted octanol–water partition coefficient (Wildman–Crippen LogP) is 3.55. The van der Waals surface area contributed by atoms with E-state index < -0.39 is 0 Å². The average Bonchev–Trinajstić information content (AvgIpc) is 1.95. The van der Waals surface area contributed by atoms with E-state index in [9.17, 15) is 0 Å². The van der Waals surface area contributed by atoms with Gasteiger partial charge in [0.15, 0.2) is 0 Å². The zero-order valence-corrected chi connectivity index (χ0v) is 11.6. The molecule has 0 spiro atoms. The van der Waals surface area contributed by atoms with E-state index in [0.717, 1.165) is 16.3 Å². The van der Waals surface area contributed by atoms with Gasteiger partial charge in [0.1, 0.15) is 0 Å². The Balaban J connectivity index is 2.42. The van der Waals surface area contributed by atoms with Gasteiger partial charge < -0.3 is 4.48 Å². The molecule has 1 rings (SSSR count). The molecule has 0 bridgehead atoms. The number of rotatable bonds is 3. The van der Waals surface area contributed by atoms with Crippen LogP contribution in [0.2, 0.25) is 0 Å². The van der Waals surface area contributed by atoms with E-state index in [1.807, 2.05) is 0 Å². The van der Waals surface area contributed by atoms with Crippen LogP contribution in [0, 0.1) is 17.3 Å². The van der Waals surface area contributed by atoms with E-state index in [4.69, 9.17) is 0 Å². The van der Waals surface area contributed by atoms with Crippen molar-refractivity contribution in [2.75, 3.05) is 27.7 Å². The summed E-state index contributed by atoms with van der Waals surface area (Å²) in [5, 5.41) is 0. The molecule has 1 aliphatic carbocycles. The Morgan fingerprint density at radius 3 is 2.20 bits per heavy atom. The number of hydrogen-bond donors (Lipinski definition) is 0. The van der Waals surface area contributed by atoms with E-state index in [-0.39, 0.29) is 0 Å². The summed E-state index contributed by atoms with van der Waals surface area (Å²) in [5.74, 6) is 1.91. The molecule has 90 valence electrons. The van der Waals surface area contributed by atoms with E-state index >= 15 is 0 Å². The first kappa shape index (κ1) is 13.0. The van der Waals surface area contributed by atoms with Gasteiger partial charge in [-0.1, -0.05) is 20.8 Å². The third-order valence-corrected chi connectivity index (χ3v) is 3.69. The third kappa shape index (κ3) is 5.01. The molecule has 1 saturated carbocycles. The van der Waals surface area contributed by atoms with Gasteiger partial charge in [-0.3, -0.25) is 0 Å². The summed E-state index contributed by atoms with van der Waals surface area (Å²) < 4.78 is 1.12. The molecule has 1 fully saturated rings. The van der Waals surface area contributed by atoms with Crippen LogP contribution in [0.25, 0.3) is 0 Å². The third-order valence-electron chi connectivity index (χ3n) is 3.69. The molecule has 1 aliphatic rings. The van der Waals surface area contributed by atoms with Gasteiger partial charge in [0.05, 0.1) is 27.7 Å². The van der Waals surface area contributed by atoms with Gasteiger partial charge in [0.25, 0.3) is 0 Å². The molecule has 0 aromatic carbocycles. The first-order valence-electron chi connectivity index (χ1n) is 6.48. The van der Waals surface area contributed by atoms with Crippen molar-refractivity contribution in [1.29, 1.82) is 0 Å². The first-order chi connectivity index (χ1) is 6.68. The molecule has 2 unspecified atom stereocenters. The minimum atomic E-state index is 0.590. The highest BCUT2D eigenvalue weighted by Crippen LogP contribution is 2.42. The van der Waals surface area contributed by atoms with Crippen LogP contribution in [0.1, 0.15) is 46.5 Å². The normalized spacial score (nSPS) is 31.6. The Bertz CT molecular complexity index is 200. The van der Waals surface area contributed by atoms with Gasteiger partial charge >= 0.3 is 0 Å². The SMILES string of the molecule is CC1CC(CC[N+](C)(C)C)CC(C)(C)C1. The summed E-state index contributed by atoms with van der Waals surface area (Å²) in [6.07, 6.45) is 5.74. The summed E-state index contributed by atoms with van der Waals surface area (Å²) in [5.41, 5.74) is 0.590. The Hall–Kier alpha value is -0.0400. The smallest absolute Gasteiger partial charge is 0.0783 e. The van der Waals surface area contributed by atoms with Crippen molar-refractivity contribution < 1.29 is 4.48 Å². The molecule has 0 heterocycles. The maximum atomic E-state index is 2.45. The molecular weight excluding hydrogens is 182 g/mol. The van der Waals surface area contributed by atoms with Crippen molar-refractivity contribution in [1.82, 2.24) is 0 Å². The maximum absolute atomic E-state index is 2.45. The van der Waals surface area contributed by atoms with Gasteiger partial charge in [-0.25, -0.2) is 0 Å². The second-order valence-electron chi connectivity index (χ2n) is 7.58. The van der Waals surface area contributed by atoms with Crippen LogP contribution in [0.4, 0.5) is 0 Å². The van der Waals surface area contributed by atoms with Crippen molar-refractivity contribution in [2.24, 2.45) is 17.3 Å². The van der Waals surface area contributed by atoms with E-state index in [1.54, 1.807) is 0 Å². The fourth-order valence-corrected chi connectivity index (χ4v) is 3.33. The Morgan fingerprint density at radius 2 is 1.73 bits per heavy atom. The molecule has 0 aromatic heterocycles. The number of hydrogen-bond acceptors (Lipinski definition) is 0. The lowest BCUT2D eigenvalue weighted by atomic mass is 9.67. The summed E-state index contributed by atoms with van der Waals surface area (Å²) in [4.78, 5) is 0. The van der Waals surface area contributed by atoms with Crippen molar-refractivity contribution >= 4 is 0 Å². The van der Waals surface area contributed by atoms with E-state index in [2.05, 4.69) is 41.9 Å². The molecule has 1 nitrogen and oxygen atoms in total. The van der Waals surface area contributed by atoms with Gasteiger partial charge in [-0.2, -0.15) is 0 Å². The summed E-state index contributed by atoms with van der Waals surface area (Å²) in [6.45, 7) is 8.65. The zero-order valence-electron chi connectivity index (χ0n) is 11.6. The molecule has 0 aromatic rings. The van der Waals surface area contributed by atoms with Gasteiger partial charge in [0, 0.05) is 0 Å². The molecule has 1 heteroatoms. The Morgan fingerprint density at radius 1 is 1.13 bits per heavy atom. The van der Waals surface area contributed by atoms with Crippen LogP contribution < -0.4 is 0 Å². The fourth-order valence-electron chi connectivity index (χ4n) is 3.33.